The molecule has 106 valence electrons. The Morgan fingerprint density at radius 1 is 1.26 bits per heavy atom. The van der Waals surface area contributed by atoms with Crippen LogP contribution in [0.25, 0.3) is 0 Å². The van der Waals surface area contributed by atoms with E-state index >= 15 is 0 Å². The number of anilines is 2. The molecule has 1 aliphatic rings. The van der Waals surface area contributed by atoms with Crippen molar-refractivity contribution in [3.8, 4) is 0 Å². The van der Waals surface area contributed by atoms with Gasteiger partial charge in [0.25, 0.3) is 0 Å². The van der Waals surface area contributed by atoms with Crippen LogP contribution in [0.3, 0.4) is 0 Å². The third kappa shape index (κ3) is 3.05. The Morgan fingerprint density at radius 3 is 2.42 bits per heavy atom. The van der Waals surface area contributed by atoms with Gasteiger partial charge in [0.15, 0.2) is 0 Å². The second-order valence-electron chi connectivity index (χ2n) is 5.12. The van der Waals surface area contributed by atoms with E-state index in [9.17, 15) is 4.21 Å². The lowest BCUT2D eigenvalue weighted by Gasteiger charge is -2.29. The van der Waals surface area contributed by atoms with E-state index in [1.807, 2.05) is 14.0 Å². The number of hydrogen-bond donors (Lipinski definition) is 1. The molecule has 0 unspecified atom stereocenters. The zero-order valence-electron chi connectivity index (χ0n) is 12.1. The van der Waals surface area contributed by atoms with Crippen LogP contribution in [0.2, 0.25) is 0 Å². The van der Waals surface area contributed by atoms with Gasteiger partial charge in [0.1, 0.15) is 17.5 Å². The molecule has 0 aromatic carbocycles. The van der Waals surface area contributed by atoms with E-state index in [0.717, 1.165) is 47.6 Å². The van der Waals surface area contributed by atoms with Crippen LogP contribution in [-0.4, -0.2) is 45.8 Å². The van der Waals surface area contributed by atoms with Crippen molar-refractivity contribution in [3.05, 3.63) is 11.4 Å². The number of nitrogens with one attached hydrogen (secondary N) is 1. The van der Waals surface area contributed by atoms with Gasteiger partial charge in [0, 0.05) is 53.9 Å². The quantitative estimate of drug-likeness (QED) is 0.911. The second-order valence-corrected chi connectivity index (χ2v) is 6.81. The zero-order valence-corrected chi connectivity index (χ0v) is 12.9. The van der Waals surface area contributed by atoms with Gasteiger partial charge < -0.3 is 10.2 Å². The monoisotopic (exact) mass is 282 g/mol. The average Bonchev–Trinajstić information content (AvgIpc) is 2.40. The van der Waals surface area contributed by atoms with Crippen molar-refractivity contribution in [2.24, 2.45) is 0 Å². The minimum atomic E-state index is -0.663. The third-order valence-electron chi connectivity index (χ3n) is 3.37. The lowest BCUT2D eigenvalue weighted by molar-refractivity contribution is 0.671. The van der Waals surface area contributed by atoms with Crippen LogP contribution < -0.4 is 10.2 Å². The average molecular weight is 282 g/mol. The fraction of sp³-hybridized carbons (Fsp3) is 0.692. The zero-order chi connectivity index (χ0) is 14.0. The van der Waals surface area contributed by atoms with Crippen molar-refractivity contribution in [3.63, 3.8) is 0 Å². The summed E-state index contributed by atoms with van der Waals surface area (Å²) in [5.41, 5.74) is 1.07. The largest absolute Gasteiger partial charge is 0.373 e. The molecule has 19 heavy (non-hydrogen) atoms. The van der Waals surface area contributed by atoms with E-state index in [1.54, 1.807) is 0 Å². The summed E-state index contributed by atoms with van der Waals surface area (Å²) in [5, 5.41) is 3.14. The van der Waals surface area contributed by atoms with Crippen molar-refractivity contribution in [1.82, 2.24) is 9.97 Å². The molecule has 2 heterocycles. The Bertz CT molecular complexity index is 480. The predicted octanol–water partition coefficient (Wildman–Crippen LogP) is 1.52. The van der Waals surface area contributed by atoms with E-state index in [-0.39, 0.29) is 0 Å². The van der Waals surface area contributed by atoms with E-state index in [2.05, 4.69) is 29.0 Å². The van der Waals surface area contributed by atoms with Crippen LogP contribution in [0.15, 0.2) is 0 Å². The summed E-state index contributed by atoms with van der Waals surface area (Å²) in [6, 6.07) is 0. The highest BCUT2D eigenvalue weighted by Gasteiger charge is 2.21. The first-order valence-electron chi connectivity index (χ1n) is 6.69. The van der Waals surface area contributed by atoms with Crippen LogP contribution in [-0.2, 0) is 10.8 Å². The first-order valence-corrected chi connectivity index (χ1v) is 8.18. The highest BCUT2D eigenvalue weighted by molar-refractivity contribution is 7.85. The van der Waals surface area contributed by atoms with Gasteiger partial charge in [-0.25, -0.2) is 9.97 Å². The Hall–Kier alpha value is -1.17. The van der Waals surface area contributed by atoms with E-state index in [4.69, 9.17) is 4.98 Å². The van der Waals surface area contributed by atoms with Crippen LogP contribution >= 0.6 is 0 Å². The first-order chi connectivity index (χ1) is 9.02. The first kappa shape index (κ1) is 14.2. The lowest BCUT2D eigenvalue weighted by atomic mass is 10.2. The van der Waals surface area contributed by atoms with Crippen molar-refractivity contribution in [2.75, 3.05) is 41.9 Å². The fourth-order valence-corrected chi connectivity index (χ4v) is 3.23. The van der Waals surface area contributed by atoms with Gasteiger partial charge in [-0.15, -0.1) is 0 Å². The van der Waals surface area contributed by atoms with Gasteiger partial charge in [-0.2, -0.15) is 0 Å². The third-order valence-corrected chi connectivity index (χ3v) is 4.64. The van der Waals surface area contributed by atoms with Crippen LogP contribution in [0, 0.1) is 6.92 Å². The molecule has 0 atom stereocenters. The molecular formula is C13H22N4OS. The number of nitrogens with zero attached hydrogens (tertiary/aromatic N) is 3. The molecule has 1 aromatic rings. The number of rotatable bonds is 3. The molecule has 0 radical (unpaired) electrons. The van der Waals surface area contributed by atoms with Crippen molar-refractivity contribution in [1.29, 1.82) is 0 Å². The van der Waals surface area contributed by atoms with Crippen LogP contribution in [0.4, 0.5) is 11.6 Å². The van der Waals surface area contributed by atoms with Gasteiger partial charge in [0.2, 0.25) is 0 Å². The second kappa shape index (κ2) is 5.86. The maximum absolute atomic E-state index is 11.5. The molecule has 2 rings (SSSR count). The minimum Gasteiger partial charge on any atom is -0.373 e. The Balaban J connectivity index is 2.37. The summed E-state index contributed by atoms with van der Waals surface area (Å²) in [7, 11) is 1.22. The molecule has 0 bridgehead atoms. The Kier molecular flexibility index (Phi) is 4.39. The normalized spacial score (nSPS) is 17.0. The summed E-state index contributed by atoms with van der Waals surface area (Å²) in [4.78, 5) is 11.5. The Labute approximate surface area is 117 Å². The molecule has 0 spiro atoms. The summed E-state index contributed by atoms with van der Waals surface area (Å²) in [6.07, 6.45) is 0. The molecule has 1 aromatic heterocycles. The van der Waals surface area contributed by atoms with Gasteiger partial charge in [-0.3, -0.25) is 4.21 Å². The van der Waals surface area contributed by atoms with Crippen molar-refractivity contribution >= 4 is 22.4 Å². The SMILES string of the molecule is CNc1nc(C(C)C)nc(N2CCS(=O)CC2)c1C. The molecule has 5 nitrogen and oxygen atoms in total. The van der Waals surface area contributed by atoms with E-state index < -0.39 is 10.8 Å². The standard InChI is InChI=1S/C13H22N4OS/c1-9(2)11-15-12(14-4)10(3)13(16-11)17-5-7-19(18)8-6-17/h9H,5-8H2,1-4H3,(H,14,15,16). The molecule has 1 fully saturated rings. The van der Waals surface area contributed by atoms with Crippen LogP contribution in [0.1, 0.15) is 31.2 Å². The Morgan fingerprint density at radius 2 is 1.89 bits per heavy atom. The van der Waals surface area contributed by atoms with Gasteiger partial charge >= 0.3 is 0 Å². The molecule has 1 saturated heterocycles. The summed E-state index contributed by atoms with van der Waals surface area (Å²) in [5.74, 6) is 4.49. The highest BCUT2D eigenvalue weighted by Crippen LogP contribution is 2.26. The van der Waals surface area contributed by atoms with Gasteiger partial charge in [-0.1, -0.05) is 13.8 Å². The fourth-order valence-electron chi connectivity index (χ4n) is 2.18. The molecular weight excluding hydrogens is 260 g/mol. The van der Waals surface area contributed by atoms with Gasteiger partial charge in [-0.05, 0) is 6.92 Å². The smallest absolute Gasteiger partial charge is 0.137 e. The number of aromatic nitrogens is 2. The summed E-state index contributed by atoms with van der Waals surface area (Å²) in [6.45, 7) is 7.85. The summed E-state index contributed by atoms with van der Waals surface area (Å²) < 4.78 is 11.5. The minimum absolute atomic E-state index is 0.297. The molecule has 0 aliphatic carbocycles. The maximum atomic E-state index is 11.5. The molecule has 0 saturated carbocycles. The molecule has 1 N–H and O–H groups in total. The maximum Gasteiger partial charge on any atom is 0.137 e. The number of hydrogen-bond acceptors (Lipinski definition) is 5. The van der Waals surface area contributed by atoms with E-state index in [0.29, 0.717) is 5.92 Å². The van der Waals surface area contributed by atoms with E-state index in [1.165, 1.54) is 0 Å². The van der Waals surface area contributed by atoms with Crippen LogP contribution in [0.5, 0.6) is 0 Å². The molecule has 0 amide bonds. The molecule has 6 heteroatoms. The topological polar surface area (TPSA) is 58.1 Å². The van der Waals surface area contributed by atoms with Gasteiger partial charge in [0.05, 0.1) is 0 Å². The predicted molar refractivity (Wildman–Crippen MR) is 80.5 cm³/mol. The van der Waals surface area contributed by atoms with Crippen molar-refractivity contribution in [2.45, 2.75) is 26.7 Å². The lowest BCUT2D eigenvalue weighted by Crippen LogP contribution is -2.39. The van der Waals surface area contributed by atoms with Crippen molar-refractivity contribution < 1.29 is 4.21 Å². The molecule has 1 aliphatic heterocycles. The summed E-state index contributed by atoms with van der Waals surface area (Å²) >= 11 is 0. The highest BCUT2D eigenvalue weighted by atomic mass is 32.2.